The first-order valence-corrected chi connectivity index (χ1v) is 8.96. The summed E-state index contributed by atoms with van der Waals surface area (Å²) in [7, 11) is 0. The van der Waals surface area contributed by atoms with Crippen molar-refractivity contribution in [2.24, 2.45) is 0 Å². The molecule has 4 rings (SSSR count). The summed E-state index contributed by atoms with van der Waals surface area (Å²) in [4.78, 5) is 0. The third-order valence-electron chi connectivity index (χ3n) is 2.68. The molecule has 0 N–H and O–H groups in total. The topological polar surface area (TPSA) is 18.5 Å². The Bertz CT molecular complexity index is 553. The number of fused-ring (bicyclic) bond motifs is 2. The van der Waals surface area contributed by atoms with Crippen LogP contribution in [-0.4, -0.2) is 29.9 Å². The van der Waals surface area contributed by atoms with Crippen LogP contribution in [0.4, 0.5) is 0 Å². The van der Waals surface area contributed by atoms with E-state index in [0.717, 1.165) is 20.8 Å². The molecule has 18 heavy (non-hydrogen) atoms. The van der Waals surface area contributed by atoms with Gasteiger partial charge in [0.15, 0.2) is 0 Å². The number of rotatable bonds is 0. The summed E-state index contributed by atoms with van der Waals surface area (Å²) >= 11 is 0.492. The Morgan fingerprint density at radius 2 is 1.06 bits per heavy atom. The summed E-state index contributed by atoms with van der Waals surface area (Å²) in [6.07, 6.45) is 0. The van der Waals surface area contributed by atoms with Crippen LogP contribution in [0.1, 0.15) is 0 Å². The molecule has 0 unspecified atom stereocenters. The van der Waals surface area contributed by atoms with Crippen LogP contribution in [-0.2, 0) is 0 Å². The molecular formula is C14H8O2Se2. The normalized spacial score (nSPS) is 20.0. The molecule has 2 aliphatic heterocycles. The van der Waals surface area contributed by atoms with Gasteiger partial charge in [0, 0.05) is 0 Å². The Labute approximate surface area is 117 Å². The van der Waals surface area contributed by atoms with E-state index in [1.165, 1.54) is 8.92 Å². The van der Waals surface area contributed by atoms with Gasteiger partial charge in [-0.25, -0.2) is 0 Å². The number of hydrogen-bond acceptors (Lipinski definition) is 2. The zero-order valence-corrected chi connectivity index (χ0v) is 12.7. The molecule has 2 nitrogen and oxygen atoms in total. The van der Waals surface area contributed by atoms with Crippen molar-refractivity contribution in [3.05, 3.63) is 57.8 Å². The van der Waals surface area contributed by atoms with Crippen molar-refractivity contribution in [3.63, 3.8) is 0 Å². The van der Waals surface area contributed by atoms with Crippen molar-refractivity contribution in [1.29, 1.82) is 0 Å². The Morgan fingerprint density at radius 1 is 0.611 bits per heavy atom. The molecule has 2 aliphatic rings. The van der Waals surface area contributed by atoms with Gasteiger partial charge in [0.25, 0.3) is 0 Å². The first kappa shape index (κ1) is 10.7. The van der Waals surface area contributed by atoms with E-state index >= 15 is 0 Å². The van der Waals surface area contributed by atoms with E-state index in [0.29, 0.717) is 0 Å². The predicted octanol–water partition coefficient (Wildman–Crippen LogP) is 0.957. The summed E-state index contributed by atoms with van der Waals surface area (Å²) in [5.41, 5.74) is 0. The molecule has 0 bridgehead atoms. The molecule has 0 aliphatic carbocycles. The van der Waals surface area contributed by atoms with Gasteiger partial charge in [-0.15, -0.1) is 0 Å². The fourth-order valence-corrected chi connectivity index (χ4v) is 6.17. The SMILES string of the molecule is c1ccc2c(c1)O/C(=C1\Oc3ccccc3[Se]1)[Se]2. The Balaban J connectivity index is 1.70. The molecule has 2 heterocycles. The van der Waals surface area contributed by atoms with Crippen LogP contribution in [0.2, 0.25) is 0 Å². The molecule has 2 aromatic rings. The number of hydrogen-bond donors (Lipinski definition) is 0. The third-order valence-corrected chi connectivity index (χ3v) is 7.57. The molecule has 0 saturated carbocycles. The molecule has 0 saturated heterocycles. The van der Waals surface area contributed by atoms with Gasteiger partial charge in [0.1, 0.15) is 0 Å². The molecule has 0 fully saturated rings. The molecule has 0 aromatic heterocycles. The van der Waals surface area contributed by atoms with E-state index in [4.69, 9.17) is 9.47 Å². The van der Waals surface area contributed by atoms with Gasteiger partial charge in [0.2, 0.25) is 0 Å². The second kappa shape index (κ2) is 4.18. The van der Waals surface area contributed by atoms with E-state index in [1.54, 1.807) is 0 Å². The fourth-order valence-electron chi connectivity index (χ4n) is 1.85. The third kappa shape index (κ3) is 1.70. The molecule has 0 spiro atoms. The van der Waals surface area contributed by atoms with Gasteiger partial charge in [0.05, 0.1) is 0 Å². The van der Waals surface area contributed by atoms with Crippen molar-refractivity contribution in [3.8, 4) is 11.5 Å². The van der Waals surface area contributed by atoms with E-state index < -0.39 is 0 Å². The quantitative estimate of drug-likeness (QED) is 0.647. The number of para-hydroxylation sites is 2. The van der Waals surface area contributed by atoms with Crippen LogP contribution in [0, 0.1) is 0 Å². The fraction of sp³-hybridized carbons (Fsp3) is 0. The van der Waals surface area contributed by atoms with Crippen LogP contribution < -0.4 is 18.4 Å². The van der Waals surface area contributed by atoms with Gasteiger partial charge in [-0.05, 0) is 0 Å². The van der Waals surface area contributed by atoms with Gasteiger partial charge in [-0.3, -0.25) is 0 Å². The van der Waals surface area contributed by atoms with Gasteiger partial charge in [-0.2, -0.15) is 0 Å². The Morgan fingerprint density at radius 3 is 1.50 bits per heavy atom. The maximum atomic E-state index is 5.92. The summed E-state index contributed by atoms with van der Waals surface area (Å²) in [6.45, 7) is 0. The molecule has 0 amide bonds. The second-order valence-electron chi connectivity index (χ2n) is 3.88. The number of benzene rings is 2. The first-order valence-electron chi connectivity index (χ1n) is 5.54. The van der Waals surface area contributed by atoms with Gasteiger partial charge in [-0.1, -0.05) is 0 Å². The average Bonchev–Trinajstić information content (AvgIpc) is 3.02. The number of ether oxygens (including phenoxy) is 2. The predicted molar refractivity (Wildman–Crippen MR) is 71.9 cm³/mol. The summed E-state index contributed by atoms with van der Waals surface area (Å²) in [5, 5.41) is 0. The van der Waals surface area contributed by atoms with E-state index in [2.05, 4.69) is 24.3 Å². The molecule has 4 heteroatoms. The van der Waals surface area contributed by atoms with Gasteiger partial charge >= 0.3 is 118 Å². The first-order chi connectivity index (χ1) is 8.90. The van der Waals surface area contributed by atoms with Crippen LogP contribution in [0.3, 0.4) is 0 Å². The van der Waals surface area contributed by atoms with Crippen LogP contribution in [0.15, 0.2) is 57.8 Å². The second-order valence-corrected chi connectivity index (χ2v) is 8.13. The van der Waals surface area contributed by atoms with Crippen molar-refractivity contribution >= 4 is 38.8 Å². The zero-order valence-electron chi connectivity index (χ0n) is 9.25. The molecule has 2 aromatic carbocycles. The van der Waals surface area contributed by atoms with Crippen LogP contribution in [0.25, 0.3) is 0 Å². The summed E-state index contributed by atoms with van der Waals surface area (Å²) < 4.78 is 16.5. The van der Waals surface area contributed by atoms with Crippen molar-refractivity contribution in [1.82, 2.24) is 0 Å². The molecular weight excluding hydrogens is 358 g/mol. The zero-order chi connectivity index (χ0) is 11.9. The summed E-state index contributed by atoms with van der Waals surface area (Å²) in [5.74, 6) is 1.99. The van der Waals surface area contributed by atoms with E-state index in [-0.39, 0.29) is 29.9 Å². The van der Waals surface area contributed by atoms with Crippen molar-refractivity contribution in [2.75, 3.05) is 0 Å². The van der Waals surface area contributed by atoms with Crippen LogP contribution >= 0.6 is 0 Å². The van der Waals surface area contributed by atoms with Crippen LogP contribution in [0.5, 0.6) is 11.5 Å². The van der Waals surface area contributed by atoms with Crippen molar-refractivity contribution in [2.45, 2.75) is 0 Å². The minimum atomic E-state index is 0.246. The molecule has 0 radical (unpaired) electrons. The summed E-state index contributed by atoms with van der Waals surface area (Å²) in [6, 6.07) is 16.5. The van der Waals surface area contributed by atoms with Gasteiger partial charge < -0.3 is 0 Å². The monoisotopic (exact) mass is 368 g/mol. The minimum absolute atomic E-state index is 0.246. The molecule has 88 valence electrons. The van der Waals surface area contributed by atoms with E-state index in [1.807, 2.05) is 24.3 Å². The maximum absolute atomic E-state index is 5.92. The average molecular weight is 366 g/mol. The molecule has 0 atom stereocenters. The Hall–Kier alpha value is -1.18. The van der Waals surface area contributed by atoms with E-state index in [9.17, 15) is 0 Å². The standard InChI is InChI=1S/C14H8O2Se2/c1-3-7-11-9(5-1)15-13(17-11)14-16-10-6-2-4-8-12(10)18-14/h1-8H/b14-13-. The Kier molecular flexibility index (Phi) is 2.49. The van der Waals surface area contributed by atoms with Crippen molar-refractivity contribution < 1.29 is 9.47 Å².